The molecule has 2 aliphatic rings. The summed E-state index contributed by atoms with van der Waals surface area (Å²) in [5.74, 6) is -1.31. The van der Waals surface area contributed by atoms with Gasteiger partial charge in [0.15, 0.2) is 7.98 Å². The first-order valence-electron chi connectivity index (χ1n) is 6.89. The molecule has 0 aromatic heterocycles. The van der Waals surface area contributed by atoms with Crippen molar-refractivity contribution < 1.29 is 14.0 Å². The minimum Gasteiger partial charge on any atom is -0.350 e. The van der Waals surface area contributed by atoms with E-state index in [0.29, 0.717) is 29.7 Å². The van der Waals surface area contributed by atoms with E-state index < -0.39 is 17.6 Å². The fourth-order valence-electron chi connectivity index (χ4n) is 2.75. The second-order valence-electron chi connectivity index (χ2n) is 5.32. The highest BCUT2D eigenvalue weighted by Gasteiger charge is 2.36. The van der Waals surface area contributed by atoms with Crippen molar-refractivity contribution in [2.24, 2.45) is 0 Å². The van der Waals surface area contributed by atoms with Gasteiger partial charge in [0, 0.05) is 6.54 Å². The predicted octanol–water partition coefficient (Wildman–Crippen LogP) is 1.69. The highest BCUT2D eigenvalue weighted by atomic mass is 19.1. The molecule has 2 aliphatic heterocycles. The Morgan fingerprint density at radius 2 is 1.81 bits per heavy atom. The van der Waals surface area contributed by atoms with Crippen LogP contribution in [0.5, 0.6) is 0 Å². The first-order valence-corrected chi connectivity index (χ1v) is 6.89. The number of nitrogens with zero attached hydrogens (tertiary/aromatic N) is 2. The summed E-state index contributed by atoms with van der Waals surface area (Å²) >= 11 is 0. The van der Waals surface area contributed by atoms with Gasteiger partial charge in [0.2, 0.25) is 0 Å². The zero-order valence-corrected chi connectivity index (χ0v) is 11.5. The summed E-state index contributed by atoms with van der Waals surface area (Å²) in [5, 5.41) is 0. The summed E-state index contributed by atoms with van der Waals surface area (Å²) in [6.07, 6.45) is 1.39. The molecule has 0 atom stereocenters. The van der Waals surface area contributed by atoms with Crippen LogP contribution in [0.4, 0.5) is 4.39 Å². The van der Waals surface area contributed by atoms with E-state index in [0.717, 1.165) is 17.9 Å². The second-order valence-corrected chi connectivity index (χ2v) is 5.32. The molecule has 1 aromatic rings. The van der Waals surface area contributed by atoms with E-state index in [1.165, 1.54) is 0 Å². The summed E-state index contributed by atoms with van der Waals surface area (Å²) < 4.78 is 14.3. The lowest BCUT2D eigenvalue weighted by molar-refractivity contribution is 0.0659. The van der Waals surface area contributed by atoms with Gasteiger partial charge < -0.3 is 4.81 Å². The molecule has 0 N–H and O–H groups in total. The first kappa shape index (κ1) is 14.0. The van der Waals surface area contributed by atoms with Gasteiger partial charge >= 0.3 is 0 Å². The van der Waals surface area contributed by atoms with Crippen LogP contribution in [0.15, 0.2) is 35.7 Å². The topological polar surface area (TPSA) is 40.6 Å². The van der Waals surface area contributed by atoms with Crippen molar-refractivity contribution in [2.45, 2.75) is 12.8 Å². The van der Waals surface area contributed by atoms with E-state index in [2.05, 4.69) is 0 Å². The van der Waals surface area contributed by atoms with E-state index in [1.807, 2.05) is 0 Å². The molecule has 21 heavy (non-hydrogen) atoms. The van der Waals surface area contributed by atoms with Crippen molar-refractivity contribution >= 4 is 19.8 Å². The average Bonchev–Trinajstić information content (AvgIpc) is 2.73. The van der Waals surface area contributed by atoms with Crippen LogP contribution in [-0.4, -0.2) is 49.1 Å². The van der Waals surface area contributed by atoms with Crippen LogP contribution < -0.4 is 0 Å². The van der Waals surface area contributed by atoms with E-state index in [9.17, 15) is 14.0 Å². The van der Waals surface area contributed by atoms with E-state index in [-0.39, 0.29) is 6.54 Å². The van der Waals surface area contributed by atoms with Gasteiger partial charge in [0.1, 0.15) is 5.83 Å². The summed E-state index contributed by atoms with van der Waals surface area (Å²) in [4.78, 5) is 26.8. The van der Waals surface area contributed by atoms with Crippen LogP contribution in [0.25, 0.3) is 0 Å². The molecule has 0 bridgehead atoms. The Labute approximate surface area is 123 Å². The van der Waals surface area contributed by atoms with Crippen molar-refractivity contribution in [3.05, 3.63) is 46.8 Å². The molecule has 2 heterocycles. The summed E-state index contributed by atoms with van der Waals surface area (Å²) in [5.41, 5.74) is 1.24. The van der Waals surface area contributed by atoms with Crippen molar-refractivity contribution in [3.8, 4) is 0 Å². The third-order valence-electron chi connectivity index (χ3n) is 3.88. The Kier molecular flexibility index (Phi) is 3.63. The highest BCUT2D eigenvalue weighted by molar-refractivity contribution is 6.21. The van der Waals surface area contributed by atoms with Gasteiger partial charge in [0.25, 0.3) is 11.8 Å². The summed E-state index contributed by atoms with van der Waals surface area (Å²) in [6.45, 7) is 0.758. The number of benzene rings is 1. The molecule has 1 aromatic carbocycles. The molecule has 0 spiro atoms. The molecule has 1 fully saturated rings. The molecule has 3 rings (SSSR count). The lowest BCUT2D eigenvalue weighted by Crippen LogP contribution is -2.33. The monoisotopic (exact) mass is 284 g/mol. The Bertz CT molecular complexity index is 609. The Morgan fingerprint density at radius 3 is 2.38 bits per heavy atom. The Morgan fingerprint density at radius 1 is 1.19 bits per heavy atom. The lowest BCUT2D eigenvalue weighted by Gasteiger charge is -2.26. The largest absolute Gasteiger partial charge is 0.350 e. The Balaban J connectivity index is 1.82. The molecule has 1 saturated heterocycles. The van der Waals surface area contributed by atoms with Crippen LogP contribution in [0.3, 0.4) is 0 Å². The van der Waals surface area contributed by atoms with Gasteiger partial charge in [-0.2, -0.15) is 0 Å². The molecule has 4 nitrogen and oxygen atoms in total. The van der Waals surface area contributed by atoms with E-state index in [4.69, 9.17) is 7.98 Å². The highest BCUT2D eigenvalue weighted by Crippen LogP contribution is 2.25. The molecular weight excluding hydrogens is 270 g/mol. The SMILES string of the molecule is [B]N1CCC/C(=C(\F)CN2C(=O)c3ccccc3C2=O)C1. The van der Waals surface area contributed by atoms with Crippen molar-refractivity contribution in [1.82, 2.24) is 9.71 Å². The van der Waals surface area contributed by atoms with Gasteiger partial charge in [-0.15, -0.1) is 0 Å². The van der Waals surface area contributed by atoms with Crippen LogP contribution in [-0.2, 0) is 0 Å². The van der Waals surface area contributed by atoms with E-state index >= 15 is 0 Å². The predicted molar refractivity (Wildman–Crippen MR) is 76.5 cm³/mol. The van der Waals surface area contributed by atoms with Gasteiger partial charge in [-0.25, -0.2) is 4.39 Å². The maximum atomic E-state index is 14.3. The number of hydrogen-bond donors (Lipinski definition) is 0. The number of fused-ring (bicyclic) bond motifs is 1. The number of imide groups is 1. The number of carbonyl (C=O) groups excluding carboxylic acids is 2. The van der Waals surface area contributed by atoms with E-state index in [1.54, 1.807) is 29.1 Å². The number of rotatable bonds is 2. The maximum Gasteiger partial charge on any atom is 0.261 e. The zero-order chi connectivity index (χ0) is 15.0. The molecule has 0 saturated carbocycles. The minimum atomic E-state index is -0.438. The standard InChI is InChI=1S/C15H14BFN2O2/c16-18-7-3-4-10(8-18)13(17)9-19-14(20)11-5-1-2-6-12(11)15(19)21/h1-2,5-6H,3-4,7-9H2/b13-10+. The zero-order valence-electron chi connectivity index (χ0n) is 11.5. The quantitative estimate of drug-likeness (QED) is 0.613. The maximum absolute atomic E-state index is 14.3. The third kappa shape index (κ3) is 2.51. The smallest absolute Gasteiger partial charge is 0.261 e. The van der Waals surface area contributed by atoms with Gasteiger partial charge in [-0.3, -0.25) is 14.5 Å². The fraction of sp³-hybridized carbons (Fsp3) is 0.333. The van der Waals surface area contributed by atoms with Gasteiger partial charge in [-0.1, -0.05) is 12.1 Å². The average molecular weight is 284 g/mol. The van der Waals surface area contributed by atoms with Crippen molar-refractivity contribution in [3.63, 3.8) is 0 Å². The molecular formula is C15H14BFN2O2. The molecule has 2 amide bonds. The number of amides is 2. The van der Waals surface area contributed by atoms with Crippen LogP contribution in [0.2, 0.25) is 0 Å². The molecule has 6 heteroatoms. The number of hydrogen-bond acceptors (Lipinski definition) is 3. The third-order valence-corrected chi connectivity index (χ3v) is 3.88. The minimum absolute atomic E-state index is 0.310. The first-order chi connectivity index (χ1) is 10.1. The molecule has 0 aliphatic carbocycles. The lowest BCUT2D eigenvalue weighted by atomic mass is 10.0. The van der Waals surface area contributed by atoms with Crippen molar-refractivity contribution in [2.75, 3.05) is 19.6 Å². The molecule has 2 radical (unpaired) electrons. The van der Waals surface area contributed by atoms with Crippen molar-refractivity contribution in [1.29, 1.82) is 0 Å². The fourth-order valence-corrected chi connectivity index (χ4v) is 2.75. The van der Waals surface area contributed by atoms with Gasteiger partial charge in [-0.05, 0) is 37.1 Å². The number of piperidine rings is 1. The van der Waals surface area contributed by atoms with Crippen LogP contribution in [0, 0.1) is 0 Å². The summed E-state index contributed by atoms with van der Waals surface area (Å²) in [6, 6.07) is 6.55. The molecule has 0 unspecified atom stereocenters. The molecule has 106 valence electrons. The number of carbonyl (C=O) groups is 2. The number of halogens is 1. The normalized spacial score (nSPS) is 21.7. The van der Waals surface area contributed by atoms with Crippen LogP contribution >= 0.6 is 0 Å². The summed E-state index contributed by atoms with van der Waals surface area (Å²) in [7, 11) is 5.68. The van der Waals surface area contributed by atoms with Crippen LogP contribution in [0.1, 0.15) is 33.6 Å². The van der Waals surface area contributed by atoms with Gasteiger partial charge in [0.05, 0.1) is 17.7 Å². The Hall–Kier alpha value is -1.95. The second kappa shape index (κ2) is 5.45.